The standard InChI is InChI=1S/C19H25NO3/c21-18(23-17-15-11-6-12-16(17)20-15)19(22,14-9-4-5-10-14)13-7-2-1-3-8-13/h1-3,7-8,14-17,20,22H,4-6,9-12H2/t15?,16?,17?,19-/m1/s1. The average Bonchev–Trinajstić information content (AvgIpc) is 3.15. The van der Waals surface area contributed by atoms with Gasteiger partial charge in [0.25, 0.3) is 0 Å². The number of nitrogens with one attached hydrogen (secondary N) is 1. The van der Waals surface area contributed by atoms with Crippen molar-refractivity contribution in [2.24, 2.45) is 5.92 Å². The van der Waals surface area contributed by atoms with Gasteiger partial charge >= 0.3 is 5.97 Å². The van der Waals surface area contributed by atoms with E-state index in [1.165, 1.54) is 6.42 Å². The van der Waals surface area contributed by atoms with Crippen molar-refractivity contribution in [2.75, 3.05) is 0 Å². The predicted molar refractivity (Wildman–Crippen MR) is 86.7 cm³/mol. The van der Waals surface area contributed by atoms with Crippen molar-refractivity contribution in [3.05, 3.63) is 35.9 Å². The van der Waals surface area contributed by atoms with E-state index < -0.39 is 11.6 Å². The highest BCUT2D eigenvalue weighted by atomic mass is 16.6. The van der Waals surface area contributed by atoms with Crippen LogP contribution in [0.1, 0.15) is 50.5 Å². The third-order valence-corrected chi connectivity index (χ3v) is 5.97. The van der Waals surface area contributed by atoms with Crippen molar-refractivity contribution in [3.8, 4) is 0 Å². The van der Waals surface area contributed by atoms with Gasteiger partial charge in [-0.15, -0.1) is 0 Å². The maximum atomic E-state index is 13.0. The summed E-state index contributed by atoms with van der Waals surface area (Å²) in [6.45, 7) is 0. The zero-order valence-corrected chi connectivity index (χ0v) is 13.4. The lowest BCUT2D eigenvalue weighted by Crippen LogP contribution is -2.69. The van der Waals surface area contributed by atoms with Crippen LogP contribution >= 0.6 is 0 Å². The van der Waals surface area contributed by atoms with E-state index >= 15 is 0 Å². The minimum atomic E-state index is -1.50. The molecular weight excluding hydrogens is 290 g/mol. The number of fused-ring (bicyclic) bond motifs is 2. The van der Waals surface area contributed by atoms with Crippen molar-refractivity contribution in [2.45, 2.75) is 68.7 Å². The number of hydrogen-bond donors (Lipinski definition) is 2. The summed E-state index contributed by atoms with van der Waals surface area (Å²) in [5.41, 5.74) is -0.823. The number of hydrogen-bond acceptors (Lipinski definition) is 4. The molecule has 3 fully saturated rings. The minimum absolute atomic E-state index is 0.0368. The van der Waals surface area contributed by atoms with E-state index in [4.69, 9.17) is 4.74 Å². The molecule has 2 unspecified atom stereocenters. The van der Waals surface area contributed by atoms with Gasteiger partial charge < -0.3 is 15.2 Å². The van der Waals surface area contributed by atoms with Crippen LogP contribution in [0.3, 0.4) is 0 Å². The van der Waals surface area contributed by atoms with Crippen molar-refractivity contribution >= 4 is 5.97 Å². The molecule has 0 aromatic heterocycles. The molecule has 23 heavy (non-hydrogen) atoms. The van der Waals surface area contributed by atoms with Crippen LogP contribution in [0.4, 0.5) is 0 Å². The summed E-state index contributed by atoms with van der Waals surface area (Å²) >= 11 is 0. The summed E-state index contributed by atoms with van der Waals surface area (Å²) in [7, 11) is 0. The van der Waals surface area contributed by atoms with Gasteiger partial charge in [0.2, 0.25) is 0 Å². The van der Waals surface area contributed by atoms with E-state index in [9.17, 15) is 9.90 Å². The Kier molecular flexibility index (Phi) is 3.90. The Balaban J connectivity index is 1.58. The molecule has 0 spiro atoms. The monoisotopic (exact) mass is 315 g/mol. The second kappa shape index (κ2) is 5.91. The van der Waals surface area contributed by atoms with Gasteiger partial charge in [0.05, 0.1) is 0 Å². The second-order valence-corrected chi connectivity index (χ2v) is 7.29. The van der Waals surface area contributed by atoms with Crippen molar-refractivity contribution < 1.29 is 14.6 Å². The molecule has 124 valence electrons. The van der Waals surface area contributed by atoms with Crippen molar-refractivity contribution in [1.29, 1.82) is 0 Å². The fourth-order valence-electron chi connectivity index (χ4n) is 4.61. The Labute approximate surface area is 137 Å². The fourth-order valence-corrected chi connectivity index (χ4v) is 4.61. The number of rotatable bonds is 4. The molecule has 0 amide bonds. The lowest BCUT2D eigenvalue weighted by molar-refractivity contribution is -0.191. The van der Waals surface area contributed by atoms with Gasteiger partial charge in [0.15, 0.2) is 5.60 Å². The van der Waals surface area contributed by atoms with E-state index in [1.807, 2.05) is 30.3 Å². The molecule has 2 aliphatic carbocycles. The van der Waals surface area contributed by atoms with Gasteiger partial charge in [-0.25, -0.2) is 4.79 Å². The van der Waals surface area contributed by atoms with Crippen LogP contribution in [0.15, 0.2) is 30.3 Å². The highest BCUT2D eigenvalue weighted by molar-refractivity contribution is 5.82. The average molecular weight is 315 g/mol. The van der Waals surface area contributed by atoms with E-state index in [2.05, 4.69) is 5.32 Å². The Morgan fingerprint density at radius 2 is 1.70 bits per heavy atom. The smallest absolute Gasteiger partial charge is 0.343 e. The molecule has 2 saturated carbocycles. The molecule has 1 aromatic carbocycles. The lowest BCUT2D eigenvalue weighted by atomic mass is 9.78. The molecule has 4 rings (SSSR count). The number of carbonyl (C=O) groups is 1. The first kappa shape index (κ1) is 15.2. The zero-order valence-electron chi connectivity index (χ0n) is 13.4. The number of piperidine rings is 1. The lowest BCUT2D eigenvalue weighted by Gasteiger charge is -2.50. The molecule has 4 nitrogen and oxygen atoms in total. The van der Waals surface area contributed by atoms with Crippen LogP contribution in [-0.4, -0.2) is 29.3 Å². The normalized spacial score (nSPS) is 32.8. The first-order chi connectivity index (χ1) is 11.2. The first-order valence-corrected chi connectivity index (χ1v) is 8.94. The molecule has 1 heterocycles. The second-order valence-electron chi connectivity index (χ2n) is 7.29. The maximum absolute atomic E-state index is 13.0. The van der Waals surface area contributed by atoms with Crippen LogP contribution in [0, 0.1) is 5.92 Å². The largest absolute Gasteiger partial charge is 0.457 e. The number of ether oxygens (including phenoxy) is 1. The number of esters is 1. The van der Waals surface area contributed by atoms with Gasteiger partial charge in [-0.3, -0.25) is 0 Å². The molecule has 2 bridgehead atoms. The molecule has 2 N–H and O–H groups in total. The van der Waals surface area contributed by atoms with Gasteiger partial charge in [-0.2, -0.15) is 0 Å². The van der Waals surface area contributed by atoms with Crippen molar-refractivity contribution in [1.82, 2.24) is 5.32 Å². The Bertz CT molecular complexity index is 555. The minimum Gasteiger partial charge on any atom is -0.457 e. The van der Waals surface area contributed by atoms with Crippen LogP contribution in [-0.2, 0) is 15.1 Å². The van der Waals surface area contributed by atoms with Crippen LogP contribution in [0.25, 0.3) is 0 Å². The van der Waals surface area contributed by atoms with E-state index in [1.54, 1.807) is 0 Å². The van der Waals surface area contributed by atoms with E-state index in [-0.39, 0.29) is 24.1 Å². The Hall–Kier alpha value is -1.39. The highest BCUT2D eigenvalue weighted by Gasteiger charge is 2.52. The molecule has 1 aromatic rings. The molecule has 0 radical (unpaired) electrons. The Morgan fingerprint density at radius 3 is 2.30 bits per heavy atom. The Morgan fingerprint density at radius 1 is 1.04 bits per heavy atom. The summed E-state index contributed by atoms with van der Waals surface area (Å²) in [5.74, 6) is -0.482. The number of carbonyl (C=O) groups excluding carboxylic acids is 1. The summed E-state index contributed by atoms with van der Waals surface area (Å²) in [5, 5.41) is 14.8. The van der Waals surface area contributed by atoms with Gasteiger partial charge in [-0.1, -0.05) is 49.6 Å². The predicted octanol–water partition coefficient (Wildman–Crippen LogP) is 2.50. The summed E-state index contributed by atoms with van der Waals surface area (Å²) in [4.78, 5) is 13.0. The summed E-state index contributed by atoms with van der Waals surface area (Å²) in [6.07, 6.45) is 7.16. The van der Waals surface area contributed by atoms with Gasteiger partial charge in [0, 0.05) is 18.0 Å². The van der Waals surface area contributed by atoms with Gasteiger partial charge in [0.1, 0.15) is 6.10 Å². The quantitative estimate of drug-likeness (QED) is 0.838. The third kappa shape index (κ3) is 2.48. The highest BCUT2D eigenvalue weighted by Crippen LogP contribution is 2.42. The topological polar surface area (TPSA) is 58.6 Å². The van der Waals surface area contributed by atoms with Crippen molar-refractivity contribution in [3.63, 3.8) is 0 Å². The van der Waals surface area contributed by atoms with Crippen LogP contribution < -0.4 is 5.32 Å². The van der Waals surface area contributed by atoms with E-state index in [0.717, 1.165) is 38.5 Å². The number of benzene rings is 1. The third-order valence-electron chi connectivity index (χ3n) is 5.97. The summed E-state index contributed by atoms with van der Waals surface area (Å²) in [6, 6.07) is 9.91. The maximum Gasteiger partial charge on any atom is 0.343 e. The van der Waals surface area contributed by atoms with Crippen LogP contribution in [0.5, 0.6) is 0 Å². The summed E-state index contributed by atoms with van der Waals surface area (Å²) < 4.78 is 5.83. The molecule has 4 heteroatoms. The fraction of sp³-hybridized carbons (Fsp3) is 0.632. The zero-order chi connectivity index (χ0) is 15.9. The first-order valence-electron chi connectivity index (χ1n) is 8.94. The molecule has 1 saturated heterocycles. The van der Waals surface area contributed by atoms with Crippen LogP contribution in [0.2, 0.25) is 0 Å². The SMILES string of the molecule is O=C(OC1C2CCCC1N2)[C@@](O)(c1ccccc1)C1CCCC1. The molecular formula is C19H25NO3. The molecule has 3 atom stereocenters. The number of aliphatic hydroxyl groups is 1. The van der Waals surface area contributed by atoms with E-state index in [0.29, 0.717) is 5.56 Å². The molecule has 1 aliphatic heterocycles. The molecule has 3 aliphatic rings. The van der Waals surface area contributed by atoms with Gasteiger partial charge in [-0.05, 0) is 31.2 Å².